The first-order valence-electron chi connectivity index (χ1n) is 6.61. The molecule has 0 saturated heterocycles. The van der Waals surface area contributed by atoms with E-state index in [4.69, 9.17) is 21.1 Å². The van der Waals surface area contributed by atoms with Gasteiger partial charge < -0.3 is 14.8 Å². The van der Waals surface area contributed by atoms with Gasteiger partial charge in [-0.15, -0.1) is 0 Å². The molecule has 112 valence electrons. The first-order valence-corrected chi connectivity index (χ1v) is 6.99. The number of methoxy groups -OCH3 is 1. The number of halogens is 1. The summed E-state index contributed by atoms with van der Waals surface area (Å²) in [6.45, 7) is 2.95. The van der Waals surface area contributed by atoms with Crippen LogP contribution in [0.5, 0.6) is 6.01 Å². The second-order valence-electron chi connectivity index (χ2n) is 4.17. The van der Waals surface area contributed by atoms with Gasteiger partial charge in [-0.2, -0.15) is 15.0 Å². The van der Waals surface area contributed by atoms with Crippen molar-refractivity contribution in [1.29, 1.82) is 0 Å². The Morgan fingerprint density at radius 1 is 1.19 bits per heavy atom. The quantitative estimate of drug-likeness (QED) is 0.848. The Bertz CT molecular complexity index is 595. The molecule has 1 N–H and O–H groups in total. The third-order valence-electron chi connectivity index (χ3n) is 2.70. The maximum Gasteiger partial charge on any atom is 0.322 e. The molecule has 0 aliphatic heterocycles. The summed E-state index contributed by atoms with van der Waals surface area (Å²) in [5, 5.41) is 3.23. The maximum absolute atomic E-state index is 5.87. The first-order chi connectivity index (χ1) is 10.2. The third-order valence-corrected chi connectivity index (χ3v) is 2.87. The molecule has 1 aromatic heterocycles. The van der Waals surface area contributed by atoms with Crippen LogP contribution in [0.25, 0.3) is 0 Å². The van der Waals surface area contributed by atoms with Crippen molar-refractivity contribution in [3.8, 4) is 6.01 Å². The van der Waals surface area contributed by atoms with Crippen LogP contribution in [0, 0.1) is 0 Å². The van der Waals surface area contributed by atoms with Gasteiger partial charge in [-0.3, -0.25) is 0 Å². The molecule has 0 unspecified atom stereocenters. The second kappa shape index (κ2) is 7.75. The molecule has 21 heavy (non-hydrogen) atoms. The molecular weight excluding hydrogens is 292 g/mol. The molecule has 6 nitrogen and oxygen atoms in total. The normalized spacial score (nSPS) is 10.4. The van der Waals surface area contributed by atoms with Gasteiger partial charge in [0.15, 0.2) is 0 Å². The van der Waals surface area contributed by atoms with Crippen LogP contribution in [-0.4, -0.2) is 35.3 Å². The molecule has 2 aromatic rings. The number of nitrogens with one attached hydrogen (secondary N) is 1. The van der Waals surface area contributed by atoms with Crippen molar-refractivity contribution in [2.75, 3.05) is 25.6 Å². The number of nitrogens with zero attached hydrogens (tertiary/aromatic N) is 3. The van der Waals surface area contributed by atoms with E-state index in [1.165, 1.54) is 0 Å². The SMILES string of the molecule is CCOc1nc(Cl)nc(Nc2ccccc2CCOC)n1. The predicted molar refractivity (Wildman–Crippen MR) is 81.3 cm³/mol. The number of hydrogen-bond donors (Lipinski definition) is 1. The monoisotopic (exact) mass is 308 g/mol. The highest BCUT2D eigenvalue weighted by Crippen LogP contribution is 2.21. The van der Waals surface area contributed by atoms with Gasteiger partial charge in [0.05, 0.1) is 13.2 Å². The van der Waals surface area contributed by atoms with Crippen molar-refractivity contribution in [1.82, 2.24) is 15.0 Å². The fourth-order valence-corrected chi connectivity index (χ4v) is 1.93. The Labute approximate surface area is 128 Å². The fraction of sp³-hybridized carbons (Fsp3) is 0.357. The highest BCUT2D eigenvalue weighted by Gasteiger charge is 2.08. The Hall–Kier alpha value is -1.92. The number of para-hydroxylation sites is 1. The van der Waals surface area contributed by atoms with Crippen LogP contribution in [-0.2, 0) is 11.2 Å². The van der Waals surface area contributed by atoms with Crippen LogP contribution >= 0.6 is 11.6 Å². The van der Waals surface area contributed by atoms with Crippen molar-refractivity contribution in [3.63, 3.8) is 0 Å². The largest absolute Gasteiger partial charge is 0.464 e. The van der Waals surface area contributed by atoms with Crippen LogP contribution < -0.4 is 10.1 Å². The van der Waals surface area contributed by atoms with E-state index in [0.29, 0.717) is 19.2 Å². The molecule has 0 saturated carbocycles. The van der Waals surface area contributed by atoms with Crippen molar-refractivity contribution in [3.05, 3.63) is 35.1 Å². The summed E-state index contributed by atoms with van der Waals surface area (Å²) in [4.78, 5) is 12.1. The minimum absolute atomic E-state index is 0.0883. The van der Waals surface area contributed by atoms with Crippen LogP contribution in [0.4, 0.5) is 11.6 Å². The molecule has 0 aliphatic rings. The summed E-state index contributed by atoms with van der Waals surface area (Å²) in [7, 11) is 1.68. The predicted octanol–water partition coefficient (Wildman–Crippen LogP) is 2.86. The van der Waals surface area contributed by atoms with E-state index >= 15 is 0 Å². The number of hydrogen-bond acceptors (Lipinski definition) is 6. The molecule has 0 aliphatic carbocycles. The van der Waals surface area contributed by atoms with Crippen LogP contribution in [0.1, 0.15) is 12.5 Å². The number of aromatic nitrogens is 3. The number of anilines is 2. The molecule has 7 heteroatoms. The highest BCUT2D eigenvalue weighted by molar-refractivity contribution is 6.28. The molecule has 2 rings (SSSR count). The van der Waals surface area contributed by atoms with Gasteiger partial charge in [0.1, 0.15) is 0 Å². The topological polar surface area (TPSA) is 69.2 Å². The zero-order chi connectivity index (χ0) is 15.1. The zero-order valence-corrected chi connectivity index (χ0v) is 12.7. The van der Waals surface area contributed by atoms with Gasteiger partial charge >= 0.3 is 6.01 Å². The summed E-state index contributed by atoms with van der Waals surface area (Å²) in [6, 6.07) is 8.08. The lowest BCUT2D eigenvalue weighted by Crippen LogP contribution is -2.05. The summed E-state index contributed by atoms with van der Waals surface area (Å²) in [5.74, 6) is 0.350. The van der Waals surface area contributed by atoms with Gasteiger partial charge in [0.25, 0.3) is 0 Å². The summed E-state index contributed by atoms with van der Waals surface area (Å²) in [5.41, 5.74) is 2.01. The van der Waals surface area contributed by atoms with Crippen molar-refractivity contribution in [2.24, 2.45) is 0 Å². The Morgan fingerprint density at radius 3 is 2.76 bits per heavy atom. The second-order valence-corrected chi connectivity index (χ2v) is 4.51. The lowest BCUT2D eigenvalue weighted by atomic mass is 10.1. The minimum atomic E-state index is 0.0883. The van der Waals surface area contributed by atoms with Crippen LogP contribution in [0.15, 0.2) is 24.3 Å². The number of rotatable bonds is 7. The first kappa shape index (κ1) is 15.5. The zero-order valence-electron chi connectivity index (χ0n) is 12.0. The summed E-state index contributed by atoms with van der Waals surface area (Å²) >= 11 is 5.87. The summed E-state index contributed by atoms with van der Waals surface area (Å²) < 4.78 is 10.4. The number of ether oxygens (including phenoxy) is 2. The van der Waals surface area contributed by atoms with E-state index in [0.717, 1.165) is 17.7 Å². The van der Waals surface area contributed by atoms with Gasteiger partial charge in [0, 0.05) is 12.8 Å². The highest BCUT2D eigenvalue weighted by atomic mass is 35.5. The Kier molecular flexibility index (Phi) is 5.71. The number of benzene rings is 1. The summed E-state index contributed by atoms with van der Waals surface area (Å²) in [6.07, 6.45) is 0.788. The fourth-order valence-electron chi connectivity index (χ4n) is 1.77. The molecular formula is C14H17ClN4O2. The molecule has 0 fully saturated rings. The standard InChI is InChI=1S/C14H17ClN4O2/c1-3-21-14-18-12(15)17-13(19-14)16-11-7-5-4-6-10(11)8-9-20-2/h4-7H,3,8-9H2,1-2H3,(H,16,17,18,19). The third kappa shape index (κ3) is 4.54. The van der Waals surface area contributed by atoms with Gasteiger partial charge in [-0.05, 0) is 36.6 Å². The Morgan fingerprint density at radius 2 is 2.00 bits per heavy atom. The van der Waals surface area contributed by atoms with Crippen molar-refractivity contribution in [2.45, 2.75) is 13.3 Å². The average molecular weight is 309 g/mol. The molecule has 0 amide bonds. The van der Waals surface area contributed by atoms with Gasteiger partial charge in [-0.1, -0.05) is 18.2 Å². The van der Waals surface area contributed by atoms with Crippen molar-refractivity contribution < 1.29 is 9.47 Å². The molecule has 0 radical (unpaired) electrons. The van der Waals surface area contributed by atoms with Crippen molar-refractivity contribution >= 4 is 23.2 Å². The van der Waals surface area contributed by atoms with E-state index in [9.17, 15) is 0 Å². The lowest BCUT2D eigenvalue weighted by molar-refractivity contribution is 0.202. The Balaban J connectivity index is 2.21. The smallest absolute Gasteiger partial charge is 0.322 e. The maximum atomic E-state index is 5.87. The van der Waals surface area contributed by atoms with Crippen LogP contribution in [0.2, 0.25) is 5.28 Å². The van der Waals surface area contributed by atoms with E-state index in [-0.39, 0.29) is 11.3 Å². The van der Waals surface area contributed by atoms with E-state index < -0.39 is 0 Å². The molecule has 1 aromatic carbocycles. The molecule has 0 atom stereocenters. The van der Waals surface area contributed by atoms with Gasteiger partial charge in [-0.25, -0.2) is 0 Å². The molecule has 1 heterocycles. The van der Waals surface area contributed by atoms with E-state index in [1.54, 1.807) is 7.11 Å². The van der Waals surface area contributed by atoms with Crippen LogP contribution in [0.3, 0.4) is 0 Å². The van der Waals surface area contributed by atoms with E-state index in [2.05, 4.69) is 20.3 Å². The average Bonchev–Trinajstić information content (AvgIpc) is 2.46. The molecule has 0 bridgehead atoms. The van der Waals surface area contributed by atoms with Gasteiger partial charge in [0.2, 0.25) is 11.2 Å². The lowest BCUT2D eigenvalue weighted by Gasteiger charge is -2.11. The minimum Gasteiger partial charge on any atom is -0.464 e. The van der Waals surface area contributed by atoms with E-state index in [1.807, 2.05) is 31.2 Å². The molecule has 0 spiro atoms.